The van der Waals surface area contributed by atoms with E-state index in [1.165, 1.54) is 37.4 Å². The summed E-state index contributed by atoms with van der Waals surface area (Å²) in [5.74, 6) is -1.35. The second-order valence-electron chi connectivity index (χ2n) is 6.09. The van der Waals surface area contributed by atoms with Crippen molar-refractivity contribution in [3.63, 3.8) is 0 Å². The molecule has 0 aliphatic rings. The molecule has 0 aliphatic carbocycles. The number of nitrogens with one attached hydrogen (secondary N) is 1. The summed E-state index contributed by atoms with van der Waals surface area (Å²) in [5.41, 5.74) is 0.608. The van der Waals surface area contributed by atoms with Crippen molar-refractivity contribution in [2.24, 2.45) is 0 Å². The molecule has 1 N–H and O–H groups in total. The fourth-order valence-electron chi connectivity index (χ4n) is 2.38. The Morgan fingerprint density at radius 1 is 1.10 bits per heavy atom. The van der Waals surface area contributed by atoms with E-state index in [0.717, 1.165) is 4.90 Å². The van der Waals surface area contributed by atoms with Gasteiger partial charge < -0.3 is 15.0 Å². The molecule has 2 aromatic rings. The number of amides is 2. The predicted molar refractivity (Wildman–Crippen MR) is 104 cm³/mol. The zero-order valence-corrected chi connectivity index (χ0v) is 16.7. The Kier molecular flexibility index (Phi) is 7.89. The lowest BCUT2D eigenvalue weighted by Crippen LogP contribution is -2.39. The quantitative estimate of drug-likeness (QED) is 0.666. The van der Waals surface area contributed by atoms with Gasteiger partial charge in [-0.1, -0.05) is 53.5 Å². The van der Waals surface area contributed by atoms with Gasteiger partial charge in [-0.2, -0.15) is 13.2 Å². The maximum Gasteiger partial charge on any atom is 0.411 e. The maximum atomic E-state index is 12.7. The SMILES string of the molecule is CN(CC(=O)Nc1ccc(Cl)c(Cl)c1)C(=O)C(OCC(F)(F)F)c1ccccc1. The van der Waals surface area contributed by atoms with E-state index in [1.54, 1.807) is 18.2 Å². The molecule has 0 saturated carbocycles. The first-order valence-corrected chi connectivity index (χ1v) is 9.05. The van der Waals surface area contributed by atoms with Gasteiger partial charge in [0.2, 0.25) is 5.91 Å². The molecule has 5 nitrogen and oxygen atoms in total. The monoisotopic (exact) mass is 448 g/mol. The zero-order chi connectivity index (χ0) is 21.6. The summed E-state index contributed by atoms with van der Waals surface area (Å²) < 4.78 is 42.6. The van der Waals surface area contributed by atoms with Crippen molar-refractivity contribution < 1.29 is 27.5 Å². The highest BCUT2D eigenvalue weighted by molar-refractivity contribution is 6.42. The van der Waals surface area contributed by atoms with Gasteiger partial charge in [0, 0.05) is 12.7 Å². The van der Waals surface area contributed by atoms with E-state index in [2.05, 4.69) is 5.32 Å². The lowest BCUT2D eigenvalue weighted by atomic mass is 10.1. The highest BCUT2D eigenvalue weighted by Crippen LogP contribution is 2.26. The van der Waals surface area contributed by atoms with Crippen molar-refractivity contribution in [1.29, 1.82) is 0 Å². The Labute approximate surface area is 175 Å². The predicted octanol–water partition coefficient (Wildman–Crippen LogP) is 4.71. The zero-order valence-electron chi connectivity index (χ0n) is 15.2. The van der Waals surface area contributed by atoms with Crippen LogP contribution in [-0.4, -0.2) is 43.1 Å². The Bertz CT molecular complexity index is 864. The Morgan fingerprint density at radius 2 is 1.76 bits per heavy atom. The third-order valence-electron chi connectivity index (χ3n) is 3.70. The number of rotatable bonds is 7. The molecule has 0 heterocycles. The van der Waals surface area contributed by atoms with Crippen molar-refractivity contribution in [1.82, 2.24) is 4.90 Å². The number of ether oxygens (including phenoxy) is 1. The van der Waals surface area contributed by atoms with Gasteiger partial charge in [0.15, 0.2) is 6.10 Å². The van der Waals surface area contributed by atoms with Crippen molar-refractivity contribution in [2.45, 2.75) is 12.3 Å². The highest BCUT2D eigenvalue weighted by atomic mass is 35.5. The van der Waals surface area contributed by atoms with Crippen molar-refractivity contribution in [2.75, 3.05) is 25.5 Å². The van der Waals surface area contributed by atoms with Crippen LogP contribution < -0.4 is 5.32 Å². The number of carbonyl (C=O) groups excluding carboxylic acids is 2. The summed E-state index contributed by atoms with van der Waals surface area (Å²) in [5, 5.41) is 3.08. The minimum absolute atomic E-state index is 0.235. The minimum Gasteiger partial charge on any atom is -0.354 e. The third kappa shape index (κ3) is 7.23. The number of anilines is 1. The minimum atomic E-state index is -4.60. The van der Waals surface area contributed by atoms with E-state index >= 15 is 0 Å². The summed E-state index contributed by atoms with van der Waals surface area (Å²) in [4.78, 5) is 25.8. The second-order valence-corrected chi connectivity index (χ2v) is 6.90. The normalized spacial score (nSPS) is 12.3. The Balaban J connectivity index is 2.06. The topological polar surface area (TPSA) is 58.6 Å². The van der Waals surface area contributed by atoms with E-state index in [-0.39, 0.29) is 10.6 Å². The first-order chi connectivity index (χ1) is 13.6. The average molecular weight is 449 g/mol. The molecule has 1 atom stereocenters. The summed E-state index contributed by atoms with van der Waals surface area (Å²) in [6.45, 7) is -2.00. The fourth-order valence-corrected chi connectivity index (χ4v) is 2.68. The molecule has 0 radical (unpaired) electrons. The standard InChI is InChI=1S/C19H17Cl2F3N2O3/c1-26(10-16(27)25-13-7-8-14(20)15(21)9-13)18(28)17(29-11-19(22,23)24)12-5-3-2-4-6-12/h2-9,17H,10-11H2,1H3,(H,25,27). The van der Waals surface area contributed by atoms with E-state index in [4.69, 9.17) is 27.9 Å². The lowest BCUT2D eigenvalue weighted by molar-refractivity contribution is -0.191. The number of carbonyl (C=O) groups is 2. The van der Waals surface area contributed by atoms with Gasteiger partial charge in [-0.25, -0.2) is 0 Å². The van der Waals surface area contributed by atoms with Gasteiger partial charge in [-0.15, -0.1) is 0 Å². The first kappa shape index (κ1) is 23.0. The summed E-state index contributed by atoms with van der Waals surface area (Å²) in [6.07, 6.45) is -6.10. The largest absolute Gasteiger partial charge is 0.411 e. The molecule has 0 saturated heterocycles. The first-order valence-electron chi connectivity index (χ1n) is 8.30. The summed E-state index contributed by atoms with van der Waals surface area (Å²) >= 11 is 11.7. The van der Waals surface area contributed by atoms with Crippen LogP contribution in [0.15, 0.2) is 48.5 Å². The van der Waals surface area contributed by atoms with Crippen molar-refractivity contribution in [3.05, 3.63) is 64.1 Å². The summed E-state index contributed by atoms with van der Waals surface area (Å²) in [6, 6.07) is 12.2. The molecule has 156 valence electrons. The molecule has 0 aromatic heterocycles. The van der Waals surface area contributed by atoms with Crippen LogP contribution in [0.2, 0.25) is 10.0 Å². The third-order valence-corrected chi connectivity index (χ3v) is 4.44. The van der Waals surface area contributed by atoms with Crippen LogP contribution >= 0.6 is 23.2 Å². The molecule has 1 unspecified atom stereocenters. The fraction of sp³-hybridized carbons (Fsp3) is 0.263. The molecule has 0 bridgehead atoms. The van der Waals surface area contributed by atoms with Gasteiger partial charge >= 0.3 is 6.18 Å². The smallest absolute Gasteiger partial charge is 0.354 e. The lowest BCUT2D eigenvalue weighted by Gasteiger charge is -2.24. The Hall–Kier alpha value is -2.29. The molecular formula is C19H17Cl2F3N2O3. The van der Waals surface area contributed by atoms with Gasteiger partial charge in [-0.05, 0) is 23.8 Å². The molecule has 2 amide bonds. The van der Waals surface area contributed by atoms with E-state index < -0.39 is 37.2 Å². The van der Waals surface area contributed by atoms with E-state index in [1.807, 2.05) is 0 Å². The Morgan fingerprint density at radius 3 is 2.34 bits per heavy atom. The number of halogens is 5. The van der Waals surface area contributed by atoms with E-state index in [0.29, 0.717) is 10.7 Å². The molecule has 0 aliphatic heterocycles. The number of alkyl halides is 3. The molecule has 2 rings (SSSR count). The van der Waals surface area contributed by atoms with E-state index in [9.17, 15) is 22.8 Å². The maximum absolute atomic E-state index is 12.7. The molecule has 0 spiro atoms. The van der Waals surface area contributed by atoms with Crippen LogP contribution in [0.3, 0.4) is 0 Å². The van der Waals surface area contributed by atoms with Crippen molar-refractivity contribution in [3.8, 4) is 0 Å². The van der Waals surface area contributed by atoms with Crippen LogP contribution in [-0.2, 0) is 14.3 Å². The van der Waals surface area contributed by atoms with Gasteiger partial charge in [0.25, 0.3) is 5.91 Å². The van der Waals surface area contributed by atoms with Crippen molar-refractivity contribution >= 4 is 40.7 Å². The number of likely N-dealkylation sites (N-methyl/N-ethyl adjacent to an activating group) is 1. The number of nitrogens with zero attached hydrogens (tertiary/aromatic N) is 1. The second kappa shape index (κ2) is 9.96. The van der Waals surface area contributed by atoms with Crippen LogP contribution in [0, 0.1) is 0 Å². The number of benzene rings is 2. The van der Waals surface area contributed by atoms with Crippen LogP contribution in [0.5, 0.6) is 0 Å². The molecule has 0 fully saturated rings. The van der Waals surface area contributed by atoms with Gasteiger partial charge in [0.1, 0.15) is 6.61 Å². The number of hydrogen-bond acceptors (Lipinski definition) is 3. The molecule has 10 heteroatoms. The molecule has 29 heavy (non-hydrogen) atoms. The molecular weight excluding hydrogens is 432 g/mol. The summed E-state index contributed by atoms with van der Waals surface area (Å²) in [7, 11) is 1.30. The van der Waals surface area contributed by atoms with Gasteiger partial charge in [-0.3, -0.25) is 9.59 Å². The highest BCUT2D eigenvalue weighted by Gasteiger charge is 2.33. The van der Waals surface area contributed by atoms with Crippen LogP contribution in [0.4, 0.5) is 18.9 Å². The molecule has 2 aromatic carbocycles. The van der Waals surface area contributed by atoms with Gasteiger partial charge in [0.05, 0.1) is 16.6 Å². The number of hydrogen-bond donors (Lipinski definition) is 1. The van der Waals surface area contributed by atoms with Crippen LogP contribution in [0.1, 0.15) is 11.7 Å². The average Bonchev–Trinajstić information content (AvgIpc) is 2.64. The van der Waals surface area contributed by atoms with Crippen LogP contribution in [0.25, 0.3) is 0 Å².